The van der Waals surface area contributed by atoms with Crippen molar-refractivity contribution in [3.63, 3.8) is 0 Å². The third-order valence-electron chi connectivity index (χ3n) is 6.45. The second-order valence-electron chi connectivity index (χ2n) is 8.66. The van der Waals surface area contributed by atoms with E-state index in [0.29, 0.717) is 29.3 Å². The highest BCUT2D eigenvalue weighted by atomic mass is 32.1. The molecule has 1 aromatic carbocycles. The number of pyridine rings is 1. The molecule has 1 saturated heterocycles. The minimum absolute atomic E-state index is 0.147. The van der Waals surface area contributed by atoms with Crippen molar-refractivity contribution < 1.29 is 9.59 Å². The monoisotopic (exact) mass is 467 g/mol. The molecule has 0 unspecified atom stereocenters. The van der Waals surface area contributed by atoms with E-state index in [-0.39, 0.29) is 24.2 Å². The van der Waals surface area contributed by atoms with Gasteiger partial charge in [-0.15, -0.1) is 11.3 Å². The summed E-state index contributed by atoms with van der Waals surface area (Å²) in [5.41, 5.74) is 1.53. The smallest absolute Gasteiger partial charge is 0.247 e. The molecule has 2 aliphatic rings. The van der Waals surface area contributed by atoms with Crippen molar-refractivity contribution >= 4 is 34.7 Å². The van der Waals surface area contributed by atoms with Gasteiger partial charge in [-0.1, -0.05) is 18.2 Å². The molecule has 2 amide bonds. The van der Waals surface area contributed by atoms with Crippen LogP contribution in [0.1, 0.15) is 29.7 Å². The highest BCUT2D eigenvalue weighted by molar-refractivity contribution is 7.16. The van der Waals surface area contributed by atoms with Crippen LogP contribution in [0.5, 0.6) is 0 Å². The van der Waals surface area contributed by atoms with Crippen molar-refractivity contribution in [3.05, 3.63) is 65.2 Å². The maximum absolute atomic E-state index is 13.1. The number of aromatic nitrogens is 1. The largest absolute Gasteiger partial charge is 0.311 e. The number of hydrogen-bond acceptors (Lipinski definition) is 6. The number of benzene rings is 1. The van der Waals surface area contributed by atoms with E-state index in [4.69, 9.17) is 5.26 Å². The molecule has 0 spiro atoms. The lowest BCUT2D eigenvalue weighted by molar-refractivity contribution is -0.123. The maximum Gasteiger partial charge on any atom is 0.247 e. The van der Waals surface area contributed by atoms with Gasteiger partial charge >= 0.3 is 0 Å². The van der Waals surface area contributed by atoms with Crippen molar-refractivity contribution in [1.82, 2.24) is 4.98 Å². The molecule has 7 nitrogen and oxygen atoms in total. The van der Waals surface area contributed by atoms with E-state index in [9.17, 15) is 14.9 Å². The van der Waals surface area contributed by atoms with Gasteiger partial charge in [0.2, 0.25) is 11.8 Å². The minimum atomic E-state index is -0.908. The number of carbonyl (C=O) groups excluding carboxylic acids is 2. The molecule has 168 valence electrons. The lowest BCUT2D eigenvalue weighted by Crippen LogP contribution is -2.35. The predicted molar refractivity (Wildman–Crippen MR) is 129 cm³/mol. The number of hydrogen-bond donors (Lipinski definition) is 1. The van der Waals surface area contributed by atoms with Crippen molar-refractivity contribution in [2.75, 3.05) is 16.8 Å². The van der Waals surface area contributed by atoms with E-state index < -0.39 is 5.41 Å². The second-order valence-corrected chi connectivity index (χ2v) is 9.75. The molecule has 1 aliphatic carbocycles. The molecule has 3 heterocycles. The zero-order valence-electron chi connectivity index (χ0n) is 18.3. The van der Waals surface area contributed by atoms with Crippen LogP contribution in [0.25, 0.3) is 10.4 Å². The van der Waals surface area contributed by atoms with Crippen molar-refractivity contribution in [2.24, 2.45) is 11.3 Å². The summed E-state index contributed by atoms with van der Waals surface area (Å²) in [5.74, 6) is 0.158. The van der Waals surface area contributed by atoms with Crippen LogP contribution in [-0.4, -0.2) is 23.3 Å². The zero-order valence-corrected chi connectivity index (χ0v) is 19.1. The Morgan fingerprint density at radius 3 is 2.79 bits per heavy atom. The first-order valence-corrected chi connectivity index (χ1v) is 11.9. The van der Waals surface area contributed by atoms with Gasteiger partial charge in [-0.2, -0.15) is 10.5 Å². The molecule has 1 saturated carbocycles. The molecule has 8 heteroatoms. The number of rotatable bonds is 6. The fourth-order valence-corrected chi connectivity index (χ4v) is 5.35. The van der Waals surface area contributed by atoms with E-state index in [1.165, 1.54) is 11.3 Å². The van der Waals surface area contributed by atoms with Gasteiger partial charge in [-0.25, -0.2) is 4.98 Å². The molecule has 5 rings (SSSR count). The number of nitrogens with zero attached hydrogens (tertiary/aromatic N) is 4. The molecular formula is C26H21N5O2S. The number of anilines is 2. The third kappa shape index (κ3) is 4.05. The molecular weight excluding hydrogens is 446 g/mol. The average molecular weight is 468 g/mol. The Labute approximate surface area is 201 Å². The number of thiophene rings is 1. The van der Waals surface area contributed by atoms with Gasteiger partial charge in [-0.05, 0) is 60.6 Å². The normalized spacial score (nSPS) is 19.5. The number of nitrogens with one attached hydrogen (secondary N) is 1. The van der Waals surface area contributed by atoms with E-state index >= 15 is 0 Å². The summed E-state index contributed by atoms with van der Waals surface area (Å²) in [5, 5.41) is 21.6. The van der Waals surface area contributed by atoms with Gasteiger partial charge in [0, 0.05) is 29.4 Å². The van der Waals surface area contributed by atoms with Gasteiger partial charge in [0.25, 0.3) is 0 Å². The standard InChI is InChI=1S/C26H21N5O2S/c27-15-21-6-7-22(34-21)18-3-1-2-17(12-18)13-24(32)30-23-14-20(8-10-29-23)31-11-9-26(16-28,25(31)33)19-4-5-19/h1-3,6-8,10,12,14,19H,4-5,9,11,13H2,(H,29,30,32)/t26-/m1/s1. The van der Waals surface area contributed by atoms with Crippen molar-refractivity contribution in [1.29, 1.82) is 10.5 Å². The molecule has 2 fully saturated rings. The first kappa shape index (κ1) is 21.8. The number of nitriles is 2. The Kier molecular flexibility index (Phi) is 5.61. The Morgan fingerprint density at radius 2 is 2.06 bits per heavy atom. The number of amides is 2. The second kappa shape index (κ2) is 8.74. The topological polar surface area (TPSA) is 110 Å². The van der Waals surface area contributed by atoms with Crippen LogP contribution in [0, 0.1) is 34.0 Å². The Balaban J connectivity index is 1.27. The Morgan fingerprint density at radius 1 is 1.21 bits per heavy atom. The number of carbonyl (C=O) groups is 2. The van der Waals surface area contributed by atoms with Crippen molar-refractivity contribution in [2.45, 2.75) is 25.7 Å². The summed E-state index contributed by atoms with van der Waals surface area (Å²) in [4.78, 5) is 33.3. The maximum atomic E-state index is 13.1. The van der Waals surface area contributed by atoms with Gasteiger partial charge in [0.15, 0.2) is 0 Å². The fourth-order valence-electron chi connectivity index (χ4n) is 4.55. The van der Waals surface area contributed by atoms with Crippen LogP contribution in [-0.2, 0) is 16.0 Å². The summed E-state index contributed by atoms with van der Waals surface area (Å²) in [6, 6.07) is 19.2. The first-order valence-electron chi connectivity index (χ1n) is 11.1. The molecule has 34 heavy (non-hydrogen) atoms. The lowest BCUT2D eigenvalue weighted by Gasteiger charge is -2.21. The van der Waals surface area contributed by atoms with Crippen LogP contribution in [0.2, 0.25) is 0 Å². The average Bonchev–Trinajstić information content (AvgIpc) is 3.48. The van der Waals surface area contributed by atoms with Crippen LogP contribution in [0.4, 0.5) is 11.5 Å². The van der Waals surface area contributed by atoms with Gasteiger partial charge in [0.1, 0.15) is 22.2 Å². The first-order chi connectivity index (χ1) is 16.5. The highest BCUT2D eigenvalue weighted by Gasteiger charge is 2.56. The van der Waals surface area contributed by atoms with E-state index in [2.05, 4.69) is 22.4 Å². The van der Waals surface area contributed by atoms with Crippen LogP contribution in [0.3, 0.4) is 0 Å². The summed E-state index contributed by atoms with van der Waals surface area (Å²) >= 11 is 1.41. The van der Waals surface area contributed by atoms with E-state index in [1.807, 2.05) is 30.3 Å². The summed E-state index contributed by atoms with van der Waals surface area (Å²) in [6.45, 7) is 0.489. The summed E-state index contributed by atoms with van der Waals surface area (Å²) in [6.07, 6.45) is 4.12. The quantitative estimate of drug-likeness (QED) is 0.573. The SMILES string of the molecule is N#Cc1ccc(-c2cccc(CC(=O)Nc3cc(N4CC[C@@](C#N)(C5CC5)C4=O)ccn3)c2)s1. The van der Waals surface area contributed by atoms with Gasteiger partial charge in [-0.3, -0.25) is 9.59 Å². The molecule has 0 bridgehead atoms. The molecule has 2 aromatic heterocycles. The fraction of sp³-hybridized carbons (Fsp3) is 0.269. The Hall–Kier alpha value is -4.01. The van der Waals surface area contributed by atoms with E-state index in [1.54, 1.807) is 29.3 Å². The lowest BCUT2D eigenvalue weighted by atomic mass is 9.83. The van der Waals surface area contributed by atoms with E-state index in [0.717, 1.165) is 28.8 Å². The molecule has 1 N–H and O–H groups in total. The Bertz CT molecular complexity index is 1360. The van der Waals surface area contributed by atoms with Crippen LogP contribution in [0.15, 0.2) is 54.7 Å². The minimum Gasteiger partial charge on any atom is -0.311 e. The van der Waals surface area contributed by atoms with Crippen LogP contribution >= 0.6 is 11.3 Å². The zero-order chi connectivity index (χ0) is 23.7. The van der Waals surface area contributed by atoms with Crippen molar-refractivity contribution in [3.8, 4) is 22.6 Å². The van der Waals surface area contributed by atoms with Gasteiger partial charge < -0.3 is 10.2 Å². The molecule has 1 aliphatic heterocycles. The van der Waals surface area contributed by atoms with Gasteiger partial charge in [0.05, 0.1) is 12.5 Å². The molecule has 3 aromatic rings. The summed E-state index contributed by atoms with van der Waals surface area (Å²) < 4.78 is 0. The third-order valence-corrected chi connectivity index (χ3v) is 7.48. The molecule has 0 radical (unpaired) electrons. The highest BCUT2D eigenvalue weighted by Crippen LogP contribution is 2.51. The summed E-state index contributed by atoms with van der Waals surface area (Å²) in [7, 11) is 0. The molecule has 1 atom stereocenters. The van der Waals surface area contributed by atoms with Crippen LogP contribution < -0.4 is 10.2 Å². The predicted octanol–water partition coefficient (Wildman–Crippen LogP) is 4.52.